The van der Waals surface area contributed by atoms with Crippen molar-refractivity contribution in [1.29, 1.82) is 0 Å². The minimum absolute atomic E-state index is 0.0579. The largest absolute Gasteiger partial charge is 0.346 e. The van der Waals surface area contributed by atoms with Crippen molar-refractivity contribution in [2.24, 2.45) is 0 Å². The molecule has 0 bridgehead atoms. The van der Waals surface area contributed by atoms with Crippen LogP contribution in [0.15, 0.2) is 30.3 Å². The maximum atomic E-state index is 13.0. The highest BCUT2D eigenvalue weighted by atomic mass is 32.2. The molecule has 4 rings (SSSR count). The van der Waals surface area contributed by atoms with Crippen molar-refractivity contribution in [3.05, 3.63) is 30.3 Å². The van der Waals surface area contributed by atoms with Gasteiger partial charge in [0, 0.05) is 57.5 Å². The van der Waals surface area contributed by atoms with Crippen LogP contribution in [0.5, 0.6) is 0 Å². The Bertz CT molecular complexity index is 651. The molecule has 28 heavy (non-hydrogen) atoms. The van der Waals surface area contributed by atoms with Crippen LogP contribution in [0.25, 0.3) is 0 Å². The first-order chi connectivity index (χ1) is 13.6. The molecule has 0 spiro atoms. The van der Waals surface area contributed by atoms with Gasteiger partial charge in [-0.05, 0) is 37.9 Å². The number of piperazine rings is 2. The second kappa shape index (κ2) is 9.00. The zero-order chi connectivity index (χ0) is 19.5. The normalized spacial score (nSPS) is 25.6. The lowest BCUT2D eigenvalue weighted by Gasteiger charge is -2.41. The van der Waals surface area contributed by atoms with E-state index in [1.54, 1.807) is 0 Å². The highest BCUT2D eigenvalue weighted by molar-refractivity contribution is 7.97. The van der Waals surface area contributed by atoms with Crippen molar-refractivity contribution in [3.8, 4) is 0 Å². The van der Waals surface area contributed by atoms with Gasteiger partial charge in [-0.1, -0.05) is 18.2 Å². The predicted octanol–water partition coefficient (Wildman–Crippen LogP) is 1.11. The molecule has 0 aromatic heterocycles. The van der Waals surface area contributed by atoms with Crippen molar-refractivity contribution in [2.75, 3.05) is 63.3 Å². The monoisotopic (exact) mass is 404 g/mol. The van der Waals surface area contributed by atoms with Gasteiger partial charge in [-0.15, -0.1) is 0 Å². The van der Waals surface area contributed by atoms with Crippen molar-refractivity contribution in [1.82, 2.24) is 24.5 Å². The lowest BCUT2D eigenvalue weighted by Crippen LogP contribution is -2.62. The lowest BCUT2D eigenvalue weighted by molar-refractivity contribution is -0.138. The van der Waals surface area contributed by atoms with Gasteiger partial charge in [0.2, 0.25) is 5.91 Å². The van der Waals surface area contributed by atoms with Gasteiger partial charge < -0.3 is 15.1 Å². The average Bonchev–Trinajstić information content (AvgIpc) is 3.24. The Morgan fingerprint density at radius 3 is 2.57 bits per heavy atom. The Morgan fingerprint density at radius 1 is 1.11 bits per heavy atom. The summed E-state index contributed by atoms with van der Waals surface area (Å²) >= 11 is 1.86. The number of hydrogen-bond donors (Lipinski definition) is 1. The van der Waals surface area contributed by atoms with Crippen molar-refractivity contribution < 1.29 is 4.79 Å². The summed E-state index contributed by atoms with van der Waals surface area (Å²) in [5.74, 6) is 1.24. The molecular formula is C20H32N6OS. The molecule has 0 unspecified atom stereocenters. The zero-order valence-corrected chi connectivity index (χ0v) is 17.8. The number of nitrogens with one attached hydrogen (secondary N) is 1. The number of anilines is 1. The quantitative estimate of drug-likeness (QED) is 0.755. The molecule has 7 nitrogen and oxygen atoms in total. The Hall–Kier alpha value is -1.32. The first-order valence-corrected chi connectivity index (χ1v) is 11.3. The van der Waals surface area contributed by atoms with Crippen LogP contribution < -0.4 is 10.2 Å². The van der Waals surface area contributed by atoms with Gasteiger partial charge in [0.1, 0.15) is 0 Å². The van der Waals surface area contributed by atoms with Crippen LogP contribution in [-0.2, 0) is 4.79 Å². The van der Waals surface area contributed by atoms with E-state index in [-0.39, 0.29) is 11.9 Å². The van der Waals surface area contributed by atoms with Gasteiger partial charge in [-0.3, -0.25) is 9.69 Å². The van der Waals surface area contributed by atoms with Crippen LogP contribution in [0.2, 0.25) is 0 Å². The second-order valence-corrected chi connectivity index (χ2v) is 8.94. The van der Waals surface area contributed by atoms with E-state index >= 15 is 0 Å². The molecule has 0 saturated carbocycles. The molecule has 1 N–H and O–H groups in total. The van der Waals surface area contributed by atoms with Crippen LogP contribution in [-0.4, -0.2) is 95.6 Å². The van der Waals surface area contributed by atoms with Crippen LogP contribution >= 0.6 is 11.9 Å². The van der Waals surface area contributed by atoms with E-state index in [9.17, 15) is 4.79 Å². The Balaban J connectivity index is 1.26. The zero-order valence-electron chi connectivity index (χ0n) is 17.0. The van der Waals surface area contributed by atoms with Crippen molar-refractivity contribution in [3.63, 3.8) is 0 Å². The van der Waals surface area contributed by atoms with Crippen LogP contribution in [0, 0.1) is 0 Å². The molecule has 0 radical (unpaired) electrons. The Morgan fingerprint density at radius 2 is 1.86 bits per heavy atom. The number of benzene rings is 1. The molecule has 3 heterocycles. The molecule has 3 saturated heterocycles. The van der Waals surface area contributed by atoms with E-state index in [1.807, 2.05) is 16.8 Å². The highest BCUT2D eigenvalue weighted by Gasteiger charge is 2.34. The number of carbonyl (C=O) groups is 1. The summed E-state index contributed by atoms with van der Waals surface area (Å²) < 4.78 is 2.36. The molecule has 1 amide bonds. The predicted molar refractivity (Wildman–Crippen MR) is 115 cm³/mol. The third-order valence-corrected chi connectivity index (χ3v) is 6.97. The highest BCUT2D eigenvalue weighted by Crippen LogP contribution is 2.28. The first kappa shape index (κ1) is 20.0. The fourth-order valence-corrected chi connectivity index (χ4v) is 5.15. The van der Waals surface area contributed by atoms with Crippen LogP contribution in [0.4, 0.5) is 5.69 Å². The maximum absolute atomic E-state index is 13.0. The fraction of sp³-hybridized carbons (Fsp3) is 0.650. The molecule has 3 aliphatic rings. The number of hydrogen-bond acceptors (Lipinski definition) is 7. The molecule has 154 valence electrons. The topological polar surface area (TPSA) is 45.3 Å². The average molecular weight is 405 g/mol. The molecule has 1 atom stereocenters. The van der Waals surface area contributed by atoms with E-state index in [1.165, 1.54) is 5.69 Å². The third-order valence-electron chi connectivity index (χ3n) is 5.89. The second-order valence-electron chi connectivity index (χ2n) is 8.00. The van der Waals surface area contributed by atoms with Crippen LogP contribution in [0.1, 0.15) is 13.8 Å². The first-order valence-electron chi connectivity index (χ1n) is 10.3. The maximum Gasteiger partial charge on any atom is 0.241 e. The number of amides is 1. The number of rotatable bonds is 4. The van der Waals surface area contributed by atoms with Gasteiger partial charge in [0.05, 0.1) is 18.6 Å². The smallest absolute Gasteiger partial charge is 0.241 e. The van der Waals surface area contributed by atoms with Gasteiger partial charge in [-0.2, -0.15) is 4.41 Å². The minimum atomic E-state index is -0.0579. The summed E-state index contributed by atoms with van der Waals surface area (Å²) in [6.45, 7) is 11.5. The van der Waals surface area contributed by atoms with Crippen molar-refractivity contribution >= 4 is 23.5 Å². The van der Waals surface area contributed by atoms with E-state index < -0.39 is 0 Å². The van der Waals surface area contributed by atoms with E-state index in [2.05, 4.69) is 68.7 Å². The fourth-order valence-electron chi connectivity index (χ4n) is 4.10. The SMILES string of the molecule is CC(C)N1CCN[C@@H](C(=O)N2CCN(N3CN(c4ccccc4)CS3)CC2)C1. The Kier molecular flexibility index (Phi) is 6.42. The summed E-state index contributed by atoms with van der Waals surface area (Å²) in [5, 5.41) is 5.82. The standard InChI is InChI=1S/C20H32N6OS/c1-17(2)23-9-8-21-19(14-23)20(27)22-10-12-25(13-11-22)26-15-24(16-28-26)18-6-4-3-5-7-18/h3-7,17,19,21H,8-16H2,1-2H3/t19-/m1/s1. The Labute approximate surface area is 172 Å². The lowest BCUT2D eigenvalue weighted by atomic mass is 10.1. The molecule has 8 heteroatoms. The summed E-state index contributed by atoms with van der Waals surface area (Å²) in [4.78, 5) is 19.8. The summed E-state index contributed by atoms with van der Waals surface area (Å²) in [6.07, 6.45) is 0. The molecule has 3 fully saturated rings. The summed E-state index contributed by atoms with van der Waals surface area (Å²) in [7, 11) is 0. The van der Waals surface area contributed by atoms with Gasteiger partial charge in [-0.25, -0.2) is 5.01 Å². The minimum Gasteiger partial charge on any atom is -0.346 e. The van der Waals surface area contributed by atoms with E-state index in [0.29, 0.717) is 6.04 Å². The summed E-state index contributed by atoms with van der Waals surface area (Å²) in [5.41, 5.74) is 1.27. The van der Waals surface area contributed by atoms with Crippen LogP contribution in [0.3, 0.4) is 0 Å². The van der Waals surface area contributed by atoms with Gasteiger partial charge in [0.25, 0.3) is 0 Å². The van der Waals surface area contributed by atoms with Gasteiger partial charge >= 0.3 is 0 Å². The number of para-hydroxylation sites is 1. The van der Waals surface area contributed by atoms with E-state index in [0.717, 1.165) is 58.4 Å². The van der Waals surface area contributed by atoms with E-state index in [4.69, 9.17) is 0 Å². The van der Waals surface area contributed by atoms with Crippen molar-refractivity contribution in [2.45, 2.75) is 25.9 Å². The van der Waals surface area contributed by atoms with Gasteiger partial charge in [0.15, 0.2) is 0 Å². The molecule has 3 aliphatic heterocycles. The number of carbonyl (C=O) groups excluding carboxylic acids is 1. The summed E-state index contributed by atoms with van der Waals surface area (Å²) in [6, 6.07) is 11.0. The molecular weight excluding hydrogens is 372 g/mol. The molecule has 1 aromatic rings. The molecule has 0 aliphatic carbocycles. The third kappa shape index (κ3) is 4.46. The number of nitrogens with zero attached hydrogens (tertiary/aromatic N) is 5. The molecule has 1 aromatic carbocycles. The number of hydrazine groups is 1.